The van der Waals surface area contributed by atoms with E-state index in [-0.39, 0.29) is 0 Å². The van der Waals surface area contributed by atoms with Crippen LogP contribution in [0.3, 0.4) is 0 Å². The zero-order valence-electron chi connectivity index (χ0n) is 14.0. The van der Waals surface area contributed by atoms with E-state index in [1.165, 1.54) is 11.3 Å². The Morgan fingerprint density at radius 3 is 2.95 bits per heavy atom. The number of morpholine rings is 1. The topological polar surface area (TPSA) is 33.5 Å². The molecular weight excluding hydrogens is 264 g/mol. The Hall–Kier alpha value is -0.910. The van der Waals surface area contributed by atoms with Gasteiger partial charge in [0.1, 0.15) is 0 Å². The van der Waals surface area contributed by atoms with Crippen LogP contribution in [0.1, 0.15) is 31.0 Å². The van der Waals surface area contributed by atoms with Crippen molar-refractivity contribution in [3.8, 4) is 0 Å². The Kier molecular flexibility index (Phi) is 6.21. The molecule has 1 fully saturated rings. The number of ether oxygens (including phenoxy) is 1. The third kappa shape index (κ3) is 4.80. The molecule has 1 aromatic heterocycles. The minimum absolute atomic E-state index is 0.368. The number of hydrogen-bond donors (Lipinski definition) is 0. The summed E-state index contributed by atoms with van der Waals surface area (Å²) in [5.74, 6) is 0. The van der Waals surface area contributed by atoms with E-state index in [4.69, 9.17) is 4.74 Å². The molecule has 0 bridgehead atoms. The van der Waals surface area contributed by atoms with Gasteiger partial charge in [-0.2, -0.15) is 5.10 Å². The van der Waals surface area contributed by atoms with E-state index in [9.17, 15) is 0 Å². The summed E-state index contributed by atoms with van der Waals surface area (Å²) in [6, 6.07) is 0. The first-order chi connectivity index (χ1) is 10.1. The summed E-state index contributed by atoms with van der Waals surface area (Å²) < 4.78 is 8.01. The van der Waals surface area contributed by atoms with Gasteiger partial charge in [0.2, 0.25) is 0 Å². The van der Waals surface area contributed by atoms with Crippen molar-refractivity contribution >= 4 is 0 Å². The van der Waals surface area contributed by atoms with Crippen LogP contribution in [-0.4, -0.2) is 66.0 Å². The summed E-state index contributed by atoms with van der Waals surface area (Å²) in [5, 5.41) is 4.50. The molecule has 120 valence electrons. The molecule has 2 rings (SSSR count). The second-order valence-corrected chi connectivity index (χ2v) is 6.30. The zero-order valence-corrected chi connectivity index (χ0v) is 14.0. The van der Waals surface area contributed by atoms with Gasteiger partial charge >= 0.3 is 0 Å². The SMILES string of the molecule is CCCn1ncc(CN2CCO[C@H](CCN(C)C)C2)c1C. The van der Waals surface area contributed by atoms with Gasteiger partial charge in [0.25, 0.3) is 0 Å². The molecule has 0 amide bonds. The lowest BCUT2D eigenvalue weighted by molar-refractivity contribution is -0.0370. The molecule has 0 aliphatic carbocycles. The predicted octanol–water partition coefficient (Wildman–Crippen LogP) is 1.75. The second-order valence-electron chi connectivity index (χ2n) is 6.30. The second kappa shape index (κ2) is 7.92. The van der Waals surface area contributed by atoms with Gasteiger partial charge < -0.3 is 9.64 Å². The van der Waals surface area contributed by atoms with Crippen molar-refractivity contribution in [1.82, 2.24) is 19.6 Å². The van der Waals surface area contributed by atoms with Crippen molar-refractivity contribution < 1.29 is 4.74 Å². The molecule has 0 N–H and O–H groups in total. The summed E-state index contributed by atoms with van der Waals surface area (Å²) in [6.07, 6.45) is 4.64. The van der Waals surface area contributed by atoms with E-state index in [0.29, 0.717) is 6.10 Å². The van der Waals surface area contributed by atoms with Crippen LogP contribution >= 0.6 is 0 Å². The highest BCUT2D eigenvalue weighted by Gasteiger charge is 2.21. The Morgan fingerprint density at radius 2 is 2.24 bits per heavy atom. The number of hydrogen-bond acceptors (Lipinski definition) is 4. The lowest BCUT2D eigenvalue weighted by Crippen LogP contribution is -2.43. The Morgan fingerprint density at radius 1 is 1.43 bits per heavy atom. The molecule has 5 nitrogen and oxygen atoms in total. The molecular formula is C16H30N4O. The number of aromatic nitrogens is 2. The lowest BCUT2D eigenvalue weighted by atomic mass is 10.1. The molecule has 21 heavy (non-hydrogen) atoms. The molecule has 5 heteroatoms. The van der Waals surface area contributed by atoms with Crippen LogP contribution in [0.2, 0.25) is 0 Å². The van der Waals surface area contributed by atoms with Crippen molar-refractivity contribution in [2.45, 2.75) is 45.9 Å². The predicted molar refractivity (Wildman–Crippen MR) is 85.4 cm³/mol. The average molecular weight is 294 g/mol. The maximum atomic E-state index is 5.88. The van der Waals surface area contributed by atoms with E-state index in [2.05, 4.69) is 47.5 Å². The van der Waals surface area contributed by atoms with E-state index < -0.39 is 0 Å². The summed E-state index contributed by atoms with van der Waals surface area (Å²) in [5.41, 5.74) is 2.67. The van der Waals surface area contributed by atoms with E-state index in [1.54, 1.807) is 0 Å². The quantitative estimate of drug-likeness (QED) is 0.767. The van der Waals surface area contributed by atoms with E-state index in [1.807, 2.05) is 6.20 Å². The largest absolute Gasteiger partial charge is 0.376 e. The molecule has 1 aliphatic rings. The first kappa shape index (κ1) is 16.5. The van der Waals surface area contributed by atoms with Crippen molar-refractivity contribution in [2.24, 2.45) is 0 Å². The van der Waals surface area contributed by atoms with Gasteiger partial charge in [-0.3, -0.25) is 9.58 Å². The molecule has 0 aromatic carbocycles. The first-order valence-corrected chi connectivity index (χ1v) is 8.10. The van der Waals surface area contributed by atoms with Crippen LogP contribution in [0.5, 0.6) is 0 Å². The number of rotatable bonds is 7. The van der Waals surface area contributed by atoms with Crippen LogP contribution in [0, 0.1) is 6.92 Å². The van der Waals surface area contributed by atoms with Crippen LogP contribution in [0.15, 0.2) is 6.20 Å². The third-order valence-corrected chi connectivity index (χ3v) is 4.16. The van der Waals surface area contributed by atoms with Gasteiger partial charge in [0.05, 0.1) is 18.9 Å². The van der Waals surface area contributed by atoms with Gasteiger partial charge in [-0.25, -0.2) is 0 Å². The summed E-state index contributed by atoms with van der Waals surface area (Å²) in [7, 11) is 4.23. The molecule has 1 aromatic rings. The van der Waals surface area contributed by atoms with Crippen molar-refractivity contribution in [3.05, 3.63) is 17.5 Å². The average Bonchev–Trinajstić information content (AvgIpc) is 2.79. The fraction of sp³-hybridized carbons (Fsp3) is 0.812. The van der Waals surface area contributed by atoms with Gasteiger partial charge in [0.15, 0.2) is 0 Å². The fourth-order valence-corrected chi connectivity index (χ4v) is 2.82. The minimum Gasteiger partial charge on any atom is -0.376 e. The first-order valence-electron chi connectivity index (χ1n) is 8.10. The fourth-order valence-electron chi connectivity index (χ4n) is 2.82. The van der Waals surface area contributed by atoms with Gasteiger partial charge in [-0.1, -0.05) is 6.92 Å². The van der Waals surface area contributed by atoms with Crippen LogP contribution in [0.4, 0.5) is 0 Å². The lowest BCUT2D eigenvalue weighted by Gasteiger charge is -2.33. The van der Waals surface area contributed by atoms with Crippen LogP contribution < -0.4 is 0 Å². The molecule has 2 heterocycles. The summed E-state index contributed by atoms with van der Waals surface area (Å²) in [4.78, 5) is 4.73. The molecule has 0 unspecified atom stereocenters. The van der Waals surface area contributed by atoms with Gasteiger partial charge in [-0.15, -0.1) is 0 Å². The maximum absolute atomic E-state index is 5.88. The van der Waals surface area contributed by atoms with Crippen molar-refractivity contribution in [2.75, 3.05) is 40.3 Å². The normalized spacial score (nSPS) is 20.3. The highest BCUT2D eigenvalue weighted by Crippen LogP contribution is 2.15. The Balaban J connectivity index is 1.87. The van der Waals surface area contributed by atoms with Crippen LogP contribution in [-0.2, 0) is 17.8 Å². The highest BCUT2D eigenvalue weighted by atomic mass is 16.5. The van der Waals surface area contributed by atoms with Crippen LogP contribution in [0.25, 0.3) is 0 Å². The summed E-state index contributed by atoms with van der Waals surface area (Å²) in [6.45, 7) is 10.4. The highest BCUT2D eigenvalue weighted by molar-refractivity contribution is 5.16. The van der Waals surface area contributed by atoms with Gasteiger partial charge in [-0.05, 0) is 33.9 Å². The molecule has 0 radical (unpaired) electrons. The van der Waals surface area contributed by atoms with Crippen molar-refractivity contribution in [1.29, 1.82) is 0 Å². The third-order valence-electron chi connectivity index (χ3n) is 4.16. The number of nitrogens with zero attached hydrogens (tertiary/aromatic N) is 4. The molecule has 1 atom stereocenters. The minimum atomic E-state index is 0.368. The molecule has 0 spiro atoms. The monoisotopic (exact) mass is 294 g/mol. The standard InChI is InChI=1S/C16H30N4O/c1-5-7-20-14(2)15(11-17-20)12-19-9-10-21-16(13-19)6-8-18(3)4/h11,16H,5-10,12-13H2,1-4H3/t16-/m1/s1. The smallest absolute Gasteiger partial charge is 0.0714 e. The van der Waals surface area contributed by atoms with E-state index >= 15 is 0 Å². The van der Waals surface area contributed by atoms with E-state index in [0.717, 1.165) is 52.2 Å². The zero-order chi connectivity index (χ0) is 15.2. The maximum Gasteiger partial charge on any atom is 0.0714 e. The molecule has 1 saturated heterocycles. The Bertz CT molecular complexity index is 430. The molecule has 1 aliphatic heterocycles. The Labute approximate surface area is 128 Å². The van der Waals surface area contributed by atoms with Gasteiger partial charge in [0, 0.05) is 44.0 Å². The van der Waals surface area contributed by atoms with Crippen molar-refractivity contribution in [3.63, 3.8) is 0 Å². The molecule has 0 saturated carbocycles. The number of aryl methyl sites for hydroxylation is 1. The summed E-state index contributed by atoms with van der Waals surface area (Å²) >= 11 is 0.